The lowest BCUT2D eigenvalue weighted by Gasteiger charge is -2.15. The molecule has 0 radical (unpaired) electrons. The van der Waals surface area contributed by atoms with E-state index >= 15 is 0 Å². The number of nitrogens with two attached hydrogens (primary N) is 1. The molecule has 0 aliphatic heterocycles. The number of anilines is 2. The van der Waals surface area contributed by atoms with E-state index in [1.54, 1.807) is 6.20 Å². The Morgan fingerprint density at radius 2 is 2.29 bits per heavy atom. The Balaban J connectivity index is 2.74. The minimum atomic E-state index is -0.330. The van der Waals surface area contributed by atoms with Crippen molar-refractivity contribution in [1.29, 1.82) is 0 Å². The van der Waals surface area contributed by atoms with Gasteiger partial charge in [-0.05, 0) is 20.8 Å². The number of rotatable bonds is 6. The van der Waals surface area contributed by atoms with E-state index in [1.165, 1.54) is 0 Å². The van der Waals surface area contributed by atoms with Gasteiger partial charge in [-0.15, -0.1) is 0 Å². The molecule has 1 unspecified atom stereocenters. The second-order valence-corrected chi connectivity index (χ2v) is 3.97. The SMILES string of the molecule is CCNc1ncc(C)c(NC(C)CC(N)=O)n1. The molecule has 1 aromatic heterocycles. The van der Waals surface area contributed by atoms with Crippen LogP contribution in [-0.2, 0) is 4.79 Å². The standard InChI is InChI=1S/C11H19N5O/c1-4-13-11-14-6-7(2)10(16-11)15-8(3)5-9(12)17/h6,8H,4-5H2,1-3H3,(H2,12,17)(H2,13,14,15,16). The Morgan fingerprint density at radius 1 is 1.59 bits per heavy atom. The fraction of sp³-hybridized carbons (Fsp3) is 0.545. The van der Waals surface area contributed by atoms with Gasteiger partial charge < -0.3 is 16.4 Å². The van der Waals surface area contributed by atoms with Crippen LogP contribution >= 0.6 is 0 Å². The van der Waals surface area contributed by atoms with Crippen molar-refractivity contribution in [3.63, 3.8) is 0 Å². The molecule has 0 aromatic carbocycles. The van der Waals surface area contributed by atoms with Gasteiger partial charge in [-0.3, -0.25) is 4.79 Å². The predicted octanol–water partition coefficient (Wildman–Crippen LogP) is 0.893. The van der Waals surface area contributed by atoms with Gasteiger partial charge in [0.15, 0.2) is 0 Å². The first-order valence-electron chi connectivity index (χ1n) is 5.65. The normalized spacial score (nSPS) is 11.9. The summed E-state index contributed by atoms with van der Waals surface area (Å²) in [6.07, 6.45) is 2.02. The van der Waals surface area contributed by atoms with Gasteiger partial charge >= 0.3 is 0 Å². The molecular weight excluding hydrogens is 218 g/mol. The predicted molar refractivity (Wildman–Crippen MR) is 67.8 cm³/mol. The average molecular weight is 237 g/mol. The van der Waals surface area contributed by atoms with E-state index < -0.39 is 0 Å². The Labute approximate surface area is 101 Å². The summed E-state index contributed by atoms with van der Waals surface area (Å²) in [7, 11) is 0. The van der Waals surface area contributed by atoms with Crippen molar-refractivity contribution >= 4 is 17.7 Å². The Morgan fingerprint density at radius 3 is 2.88 bits per heavy atom. The second kappa shape index (κ2) is 6.03. The summed E-state index contributed by atoms with van der Waals surface area (Å²) >= 11 is 0. The highest BCUT2D eigenvalue weighted by Gasteiger charge is 2.09. The van der Waals surface area contributed by atoms with Gasteiger partial charge in [-0.25, -0.2) is 4.98 Å². The summed E-state index contributed by atoms with van der Waals surface area (Å²) < 4.78 is 0. The zero-order chi connectivity index (χ0) is 12.8. The number of carbonyl (C=O) groups excluding carboxylic acids is 1. The summed E-state index contributed by atoms with van der Waals surface area (Å²) in [5, 5.41) is 6.18. The van der Waals surface area contributed by atoms with Crippen molar-refractivity contribution < 1.29 is 4.79 Å². The molecule has 4 N–H and O–H groups in total. The molecule has 0 fully saturated rings. The van der Waals surface area contributed by atoms with Crippen molar-refractivity contribution in [2.24, 2.45) is 5.73 Å². The van der Waals surface area contributed by atoms with Gasteiger partial charge in [0.05, 0.1) is 0 Å². The molecule has 1 heterocycles. The van der Waals surface area contributed by atoms with Crippen LogP contribution in [0.3, 0.4) is 0 Å². The van der Waals surface area contributed by atoms with Crippen LogP contribution in [0.4, 0.5) is 11.8 Å². The van der Waals surface area contributed by atoms with Crippen LogP contribution in [0.5, 0.6) is 0 Å². The van der Waals surface area contributed by atoms with E-state index in [0.29, 0.717) is 5.95 Å². The first kappa shape index (κ1) is 13.2. The minimum Gasteiger partial charge on any atom is -0.370 e. The van der Waals surface area contributed by atoms with E-state index in [9.17, 15) is 4.79 Å². The zero-order valence-electron chi connectivity index (χ0n) is 10.4. The lowest BCUT2D eigenvalue weighted by Crippen LogP contribution is -2.25. The molecule has 1 rings (SSSR count). The molecule has 0 spiro atoms. The third kappa shape index (κ3) is 4.26. The number of carbonyl (C=O) groups is 1. The Bertz CT molecular complexity index is 393. The number of aromatic nitrogens is 2. The first-order valence-corrected chi connectivity index (χ1v) is 5.65. The fourth-order valence-electron chi connectivity index (χ4n) is 1.42. The van der Waals surface area contributed by atoms with Gasteiger partial charge in [0.1, 0.15) is 5.82 Å². The van der Waals surface area contributed by atoms with Crippen LogP contribution in [-0.4, -0.2) is 28.5 Å². The lowest BCUT2D eigenvalue weighted by atomic mass is 10.2. The number of aryl methyl sites for hydroxylation is 1. The second-order valence-electron chi connectivity index (χ2n) is 3.97. The highest BCUT2D eigenvalue weighted by Crippen LogP contribution is 2.14. The number of amides is 1. The van der Waals surface area contributed by atoms with Crippen molar-refractivity contribution in [1.82, 2.24) is 9.97 Å². The van der Waals surface area contributed by atoms with Gasteiger partial charge in [0.2, 0.25) is 11.9 Å². The largest absolute Gasteiger partial charge is 0.370 e. The third-order valence-electron chi connectivity index (χ3n) is 2.20. The Hall–Kier alpha value is -1.85. The number of nitrogens with one attached hydrogen (secondary N) is 2. The van der Waals surface area contributed by atoms with Crippen LogP contribution < -0.4 is 16.4 Å². The number of primary amides is 1. The van der Waals surface area contributed by atoms with Crippen LogP contribution in [0, 0.1) is 6.92 Å². The summed E-state index contributed by atoms with van der Waals surface area (Å²) in [5.41, 5.74) is 6.07. The Kier molecular flexibility index (Phi) is 4.68. The van der Waals surface area contributed by atoms with Crippen LogP contribution in [0.2, 0.25) is 0 Å². The van der Waals surface area contributed by atoms with Crippen LogP contribution in [0.25, 0.3) is 0 Å². The van der Waals surface area contributed by atoms with E-state index in [4.69, 9.17) is 5.73 Å². The maximum atomic E-state index is 10.8. The maximum absolute atomic E-state index is 10.8. The van der Waals surface area contributed by atoms with Gasteiger partial charge in [0, 0.05) is 30.8 Å². The molecule has 94 valence electrons. The van der Waals surface area contributed by atoms with Crippen LogP contribution in [0.15, 0.2) is 6.20 Å². The third-order valence-corrected chi connectivity index (χ3v) is 2.20. The first-order chi connectivity index (χ1) is 8.02. The smallest absolute Gasteiger partial charge is 0.224 e. The number of hydrogen-bond acceptors (Lipinski definition) is 5. The van der Waals surface area contributed by atoms with Crippen molar-refractivity contribution in [3.8, 4) is 0 Å². The lowest BCUT2D eigenvalue weighted by molar-refractivity contribution is -0.118. The van der Waals surface area contributed by atoms with E-state index in [-0.39, 0.29) is 18.4 Å². The van der Waals surface area contributed by atoms with Gasteiger partial charge in [0.25, 0.3) is 0 Å². The van der Waals surface area contributed by atoms with E-state index in [2.05, 4.69) is 20.6 Å². The topological polar surface area (TPSA) is 92.9 Å². The number of nitrogens with zero attached hydrogens (tertiary/aromatic N) is 2. The fourth-order valence-corrected chi connectivity index (χ4v) is 1.42. The molecule has 1 aromatic rings. The van der Waals surface area contributed by atoms with Crippen LogP contribution in [0.1, 0.15) is 25.8 Å². The van der Waals surface area contributed by atoms with Crippen molar-refractivity contribution in [2.45, 2.75) is 33.2 Å². The molecule has 1 atom stereocenters. The van der Waals surface area contributed by atoms with E-state index in [0.717, 1.165) is 17.9 Å². The highest BCUT2D eigenvalue weighted by molar-refractivity contribution is 5.74. The maximum Gasteiger partial charge on any atom is 0.224 e. The van der Waals surface area contributed by atoms with E-state index in [1.807, 2.05) is 20.8 Å². The average Bonchev–Trinajstić information content (AvgIpc) is 2.22. The molecule has 17 heavy (non-hydrogen) atoms. The summed E-state index contributed by atoms with van der Waals surface area (Å²) in [6, 6.07) is -0.0458. The molecule has 0 saturated heterocycles. The minimum absolute atomic E-state index is 0.0458. The summed E-state index contributed by atoms with van der Waals surface area (Å²) in [4.78, 5) is 19.3. The monoisotopic (exact) mass is 237 g/mol. The quantitative estimate of drug-likeness (QED) is 0.683. The zero-order valence-corrected chi connectivity index (χ0v) is 10.4. The highest BCUT2D eigenvalue weighted by atomic mass is 16.1. The molecule has 0 saturated carbocycles. The molecule has 6 nitrogen and oxygen atoms in total. The number of hydrogen-bond donors (Lipinski definition) is 3. The molecule has 6 heteroatoms. The van der Waals surface area contributed by atoms with Crippen molar-refractivity contribution in [2.75, 3.05) is 17.2 Å². The van der Waals surface area contributed by atoms with Crippen molar-refractivity contribution in [3.05, 3.63) is 11.8 Å². The van der Waals surface area contributed by atoms with Gasteiger partial charge in [-0.2, -0.15) is 4.98 Å². The molecule has 0 aliphatic carbocycles. The molecule has 0 aliphatic rings. The molecule has 0 bridgehead atoms. The molecule has 1 amide bonds. The van der Waals surface area contributed by atoms with Gasteiger partial charge in [-0.1, -0.05) is 0 Å². The molecular formula is C11H19N5O. The summed E-state index contributed by atoms with van der Waals surface area (Å²) in [5.74, 6) is 0.972. The summed E-state index contributed by atoms with van der Waals surface area (Å²) in [6.45, 7) is 6.54.